The van der Waals surface area contributed by atoms with Gasteiger partial charge in [0.1, 0.15) is 5.75 Å². The van der Waals surface area contributed by atoms with Crippen LogP contribution in [0.15, 0.2) is 29.3 Å². The van der Waals surface area contributed by atoms with Crippen molar-refractivity contribution in [1.82, 2.24) is 10.2 Å². The van der Waals surface area contributed by atoms with Crippen molar-refractivity contribution in [3.05, 3.63) is 29.8 Å². The lowest BCUT2D eigenvalue weighted by Crippen LogP contribution is -2.42. The summed E-state index contributed by atoms with van der Waals surface area (Å²) in [5, 5.41) is 3.47. The SMILES string of the molecule is CN=C(NCC1CCCO1)N1CCC(c2ccc(OC)cc2)C1.I. The second-order valence-corrected chi connectivity index (χ2v) is 6.27. The van der Waals surface area contributed by atoms with E-state index in [1.165, 1.54) is 12.0 Å². The summed E-state index contributed by atoms with van der Waals surface area (Å²) in [5.41, 5.74) is 1.38. The van der Waals surface area contributed by atoms with Crippen molar-refractivity contribution < 1.29 is 9.47 Å². The number of hydrogen-bond donors (Lipinski definition) is 1. The Morgan fingerprint density at radius 3 is 2.75 bits per heavy atom. The van der Waals surface area contributed by atoms with E-state index in [-0.39, 0.29) is 24.0 Å². The van der Waals surface area contributed by atoms with E-state index in [1.807, 2.05) is 19.2 Å². The molecular formula is C18H28IN3O2. The highest BCUT2D eigenvalue weighted by Gasteiger charge is 2.26. The van der Waals surface area contributed by atoms with Crippen LogP contribution in [-0.4, -0.2) is 57.4 Å². The Morgan fingerprint density at radius 2 is 2.12 bits per heavy atom. The van der Waals surface area contributed by atoms with Crippen LogP contribution in [0.2, 0.25) is 0 Å². The van der Waals surface area contributed by atoms with Crippen molar-refractivity contribution in [3.8, 4) is 5.75 Å². The predicted octanol–water partition coefficient (Wildman–Crippen LogP) is 2.86. The molecule has 2 saturated heterocycles. The molecule has 0 aromatic heterocycles. The van der Waals surface area contributed by atoms with Gasteiger partial charge in [0.2, 0.25) is 0 Å². The van der Waals surface area contributed by atoms with Crippen LogP contribution >= 0.6 is 24.0 Å². The number of halogens is 1. The number of nitrogens with zero attached hydrogens (tertiary/aromatic N) is 2. The van der Waals surface area contributed by atoms with E-state index in [4.69, 9.17) is 9.47 Å². The van der Waals surface area contributed by atoms with Crippen molar-refractivity contribution in [1.29, 1.82) is 0 Å². The zero-order valence-electron chi connectivity index (χ0n) is 14.5. The first-order chi connectivity index (χ1) is 11.3. The Hall–Kier alpha value is -1.02. The monoisotopic (exact) mass is 445 g/mol. The highest BCUT2D eigenvalue weighted by atomic mass is 127. The molecule has 2 fully saturated rings. The fourth-order valence-corrected chi connectivity index (χ4v) is 3.44. The quantitative estimate of drug-likeness (QED) is 0.440. The van der Waals surface area contributed by atoms with Crippen molar-refractivity contribution >= 4 is 29.9 Å². The number of likely N-dealkylation sites (tertiary alicyclic amines) is 1. The van der Waals surface area contributed by atoms with Crippen molar-refractivity contribution in [2.45, 2.75) is 31.3 Å². The molecule has 1 aromatic rings. The van der Waals surface area contributed by atoms with E-state index in [0.29, 0.717) is 12.0 Å². The molecule has 1 aromatic carbocycles. The lowest BCUT2D eigenvalue weighted by atomic mass is 9.98. The molecule has 0 amide bonds. The molecule has 24 heavy (non-hydrogen) atoms. The van der Waals surface area contributed by atoms with Gasteiger partial charge in [-0.25, -0.2) is 0 Å². The molecule has 134 valence electrons. The van der Waals surface area contributed by atoms with Gasteiger partial charge in [0.05, 0.1) is 13.2 Å². The molecule has 6 heteroatoms. The van der Waals surface area contributed by atoms with Gasteiger partial charge in [-0.05, 0) is 37.0 Å². The van der Waals surface area contributed by atoms with E-state index in [9.17, 15) is 0 Å². The first kappa shape index (κ1) is 19.3. The van der Waals surface area contributed by atoms with Gasteiger partial charge in [-0.15, -0.1) is 24.0 Å². The molecule has 0 radical (unpaired) electrons. The average Bonchev–Trinajstić information content (AvgIpc) is 3.27. The number of benzene rings is 1. The van der Waals surface area contributed by atoms with Crippen LogP contribution in [0.1, 0.15) is 30.7 Å². The number of guanidine groups is 1. The fraction of sp³-hybridized carbons (Fsp3) is 0.611. The van der Waals surface area contributed by atoms with Gasteiger partial charge in [-0.1, -0.05) is 12.1 Å². The van der Waals surface area contributed by atoms with Gasteiger partial charge in [0, 0.05) is 39.2 Å². The van der Waals surface area contributed by atoms with Gasteiger partial charge >= 0.3 is 0 Å². The van der Waals surface area contributed by atoms with E-state index in [1.54, 1.807) is 7.11 Å². The first-order valence-corrected chi connectivity index (χ1v) is 8.51. The average molecular weight is 445 g/mol. The summed E-state index contributed by atoms with van der Waals surface area (Å²) in [7, 11) is 3.56. The Morgan fingerprint density at radius 1 is 1.33 bits per heavy atom. The van der Waals surface area contributed by atoms with Gasteiger partial charge in [-0.2, -0.15) is 0 Å². The molecule has 0 bridgehead atoms. The van der Waals surface area contributed by atoms with Gasteiger partial charge in [0.25, 0.3) is 0 Å². The number of ether oxygens (including phenoxy) is 2. The fourth-order valence-electron chi connectivity index (χ4n) is 3.44. The molecule has 0 spiro atoms. The molecule has 0 saturated carbocycles. The van der Waals surface area contributed by atoms with Crippen LogP contribution in [0.3, 0.4) is 0 Å². The summed E-state index contributed by atoms with van der Waals surface area (Å²) in [5.74, 6) is 2.47. The number of aliphatic imine (C=N–C) groups is 1. The summed E-state index contributed by atoms with van der Waals surface area (Å²) >= 11 is 0. The van der Waals surface area contributed by atoms with Gasteiger partial charge in [-0.3, -0.25) is 4.99 Å². The molecule has 2 heterocycles. The number of rotatable bonds is 4. The Kier molecular flexibility index (Phi) is 7.61. The third-order valence-electron chi connectivity index (χ3n) is 4.80. The van der Waals surface area contributed by atoms with Gasteiger partial charge in [0.15, 0.2) is 5.96 Å². The molecular weight excluding hydrogens is 417 g/mol. The molecule has 1 N–H and O–H groups in total. The minimum atomic E-state index is 0. The third-order valence-corrected chi connectivity index (χ3v) is 4.80. The summed E-state index contributed by atoms with van der Waals surface area (Å²) in [6.45, 7) is 3.81. The summed E-state index contributed by atoms with van der Waals surface area (Å²) in [4.78, 5) is 6.79. The van der Waals surface area contributed by atoms with Crippen LogP contribution in [0.4, 0.5) is 0 Å². The zero-order valence-corrected chi connectivity index (χ0v) is 16.9. The lowest BCUT2D eigenvalue weighted by Gasteiger charge is -2.23. The Labute approximate surface area is 161 Å². The molecule has 2 aliphatic heterocycles. The van der Waals surface area contributed by atoms with Gasteiger partial charge < -0.3 is 19.7 Å². The predicted molar refractivity (Wildman–Crippen MR) is 108 cm³/mol. The Bertz CT molecular complexity index is 530. The van der Waals surface area contributed by atoms with E-state index in [0.717, 1.165) is 50.8 Å². The normalized spacial score (nSPS) is 23.9. The highest BCUT2D eigenvalue weighted by Crippen LogP contribution is 2.28. The van der Waals surface area contributed by atoms with Crippen LogP contribution in [0, 0.1) is 0 Å². The number of hydrogen-bond acceptors (Lipinski definition) is 3. The maximum absolute atomic E-state index is 5.67. The molecule has 0 aliphatic carbocycles. The van der Waals surface area contributed by atoms with Crippen molar-refractivity contribution in [3.63, 3.8) is 0 Å². The minimum absolute atomic E-state index is 0. The van der Waals surface area contributed by atoms with E-state index >= 15 is 0 Å². The largest absolute Gasteiger partial charge is 0.497 e. The second-order valence-electron chi connectivity index (χ2n) is 6.27. The number of methoxy groups -OCH3 is 1. The molecule has 3 rings (SSSR count). The van der Waals surface area contributed by atoms with E-state index < -0.39 is 0 Å². The van der Waals surface area contributed by atoms with Crippen LogP contribution < -0.4 is 10.1 Å². The van der Waals surface area contributed by atoms with E-state index in [2.05, 4.69) is 27.3 Å². The summed E-state index contributed by atoms with van der Waals surface area (Å²) in [6, 6.07) is 8.44. The van der Waals surface area contributed by atoms with Crippen LogP contribution in [0.5, 0.6) is 5.75 Å². The Balaban J connectivity index is 0.00000208. The first-order valence-electron chi connectivity index (χ1n) is 8.51. The second kappa shape index (κ2) is 9.46. The maximum atomic E-state index is 5.67. The minimum Gasteiger partial charge on any atom is -0.497 e. The van der Waals surface area contributed by atoms with Crippen LogP contribution in [-0.2, 0) is 4.74 Å². The summed E-state index contributed by atoms with van der Waals surface area (Å²) in [6.07, 6.45) is 3.83. The summed E-state index contributed by atoms with van der Waals surface area (Å²) < 4.78 is 10.9. The molecule has 5 nitrogen and oxygen atoms in total. The van der Waals surface area contributed by atoms with Crippen molar-refractivity contribution in [2.24, 2.45) is 4.99 Å². The number of nitrogens with one attached hydrogen (secondary N) is 1. The smallest absolute Gasteiger partial charge is 0.193 e. The zero-order chi connectivity index (χ0) is 16.1. The maximum Gasteiger partial charge on any atom is 0.193 e. The highest BCUT2D eigenvalue weighted by molar-refractivity contribution is 14.0. The third kappa shape index (κ3) is 4.75. The molecule has 2 atom stereocenters. The van der Waals surface area contributed by atoms with Crippen LogP contribution in [0.25, 0.3) is 0 Å². The molecule has 2 aliphatic rings. The standard InChI is InChI=1S/C18H27N3O2.HI/c1-19-18(20-12-17-4-3-11-23-17)21-10-9-15(13-21)14-5-7-16(22-2)8-6-14;/h5-8,15,17H,3-4,9-13H2,1-2H3,(H,19,20);1H. The molecule has 2 unspecified atom stereocenters. The lowest BCUT2D eigenvalue weighted by molar-refractivity contribution is 0.113. The van der Waals surface area contributed by atoms with Crippen molar-refractivity contribution in [2.75, 3.05) is 40.4 Å². The topological polar surface area (TPSA) is 46.1 Å².